The normalized spacial score (nSPS) is 18.9. The molecule has 1 aromatic heterocycles. The maximum atomic E-state index is 6.39. The van der Waals surface area contributed by atoms with Crippen molar-refractivity contribution in [1.82, 2.24) is 15.1 Å². The predicted molar refractivity (Wildman–Crippen MR) is 82.3 cm³/mol. The molecule has 1 N–H and O–H groups in total. The lowest BCUT2D eigenvalue weighted by atomic mass is 9.73. The van der Waals surface area contributed by atoms with Crippen molar-refractivity contribution in [3.63, 3.8) is 0 Å². The molecule has 4 nitrogen and oxygen atoms in total. The fourth-order valence-corrected chi connectivity index (χ4v) is 3.32. The Morgan fingerprint density at radius 3 is 2.60 bits per heavy atom. The number of rotatable bonds is 7. The molecule has 5 heteroatoms. The number of nitrogens with zero attached hydrogens (tertiary/aromatic N) is 2. The van der Waals surface area contributed by atoms with Crippen molar-refractivity contribution >= 4 is 11.6 Å². The maximum Gasteiger partial charge on any atom is 0.0847 e. The Bertz CT molecular complexity index is 449. The van der Waals surface area contributed by atoms with Crippen molar-refractivity contribution in [1.29, 1.82) is 0 Å². The number of aromatic nitrogens is 2. The van der Waals surface area contributed by atoms with Gasteiger partial charge in [0.05, 0.1) is 22.0 Å². The summed E-state index contributed by atoms with van der Waals surface area (Å²) in [5, 5.41) is 8.86. The average molecular weight is 300 g/mol. The van der Waals surface area contributed by atoms with Crippen LogP contribution in [0.25, 0.3) is 0 Å². The fourth-order valence-electron chi connectivity index (χ4n) is 3.08. The first-order valence-corrected chi connectivity index (χ1v) is 7.88. The van der Waals surface area contributed by atoms with Crippen LogP contribution in [0.1, 0.15) is 44.0 Å². The average Bonchev–Trinajstić information content (AvgIpc) is 2.61. The Labute approximate surface area is 126 Å². The fraction of sp³-hybridized carbons (Fsp3) is 0.800. The van der Waals surface area contributed by atoms with E-state index in [-0.39, 0.29) is 5.60 Å². The summed E-state index contributed by atoms with van der Waals surface area (Å²) in [4.78, 5) is 0. The van der Waals surface area contributed by atoms with E-state index in [0.29, 0.717) is 6.04 Å². The van der Waals surface area contributed by atoms with Crippen LogP contribution in [-0.2, 0) is 18.2 Å². The number of aryl methyl sites for hydroxylation is 2. The third kappa shape index (κ3) is 2.87. The summed E-state index contributed by atoms with van der Waals surface area (Å²) in [7, 11) is 3.79. The first-order valence-electron chi connectivity index (χ1n) is 7.50. The number of halogens is 1. The van der Waals surface area contributed by atoms with Crippen LogP contribution in [0.2, 0.25) is 5.02 Å². The number of hydrogen-bond acceptors (Lipinski definition) is 3. The van der Waals surface area contributed by atoms with Gasteiger partial charge in [0, 0.05) is 26.6 Å². The van der Waals surface area contributed by atoms with Crippen LogP contribution in [0.4, 0.5) is 0 Å². The molecule has 1 unspecified atom stereocenters. The summed E-state index contributed by atoms with van der Waals surface area (Å²) in [6, 6.07) is 0.300. The summed E-state index contributed by atoms with van der Waals surface area (Å²) in [6.07, 6.45) is 5.48. The van der Waals surface area contributed by atoms with Crippen LogP contribution in [0.5, 0.6) is 0 Å². The van der Waals surface area contributed by atoms with E-state index in [2.05, 4.69) is 17.3 Å². The Kier molecular flexibility index (Phi) is 5.10. The molecule has 0 aromatic carbocycles. The molecular weight excluding hydrogens is 274 g/mol. The van der Waals surface area contributed by atoms with Gasteiger partial charge in [-0.15, -0.1) is 0 Å². The Balaban J connectivity index is 2.19. The van der Waals surface area contributed by atoms with Crippen LogP contribution in [0.15, 0.2) is 0 Å². The Hall–Kier alpha value is -0.580. The van der Waals surface area contributed by atoms with Crippen LogP contribution in [-0.4, -0.2) is 35.1 Å². The number of methoxy groups -OCH3 is 1. The van der Waals surface area contributed by atoms with Crippen molar-refractivity contribution in [2.45, 2.75) is 57.6 Å². The third-order valence-corrected chi connectivity index (χ3v) is 5.03. The molecule has 0 radical (unpaired) electrons. The molecule has 20 heavy (non-hydrogen) atoms. The third-order valence-electron chi connectivity index (χ3n) is 4.54. The molecule has 1 atom stereocenters. The molecule has 1 aliphatic rings. The predicted octanol–water partition coefficient (Wildman–Crippen LogP) is 2.86. The highest BCUT2D eigenvalue weighted by molar-refractivity contribution is 6.31. The lowest BCUT2D eigenvalue weighted by Gasteiger charge is -2.47. The van der Waals surface area contributed by atoms with E-state index in [1.165, 1.54) is 6.42 Å². The number of nitrogens with one attached hydrogen (secondary N) is 1. The van der Waals surface area contributed by atoms with Crippen molar-refractivity contribution in [2.24, 2.45) is 7.05 Å². The minimum absolute atomic E-state index is 0.0311. The van der Waals surface area contributed by atoms with Gasteiger partial charge in [-0.2, -0.15) is 5.10 Å². The SMILES string of the molecule is CCCNC(Cc1c(Cl)c(C)nn1C)C1(OC)CCC1. The first-order chi connectivity index (χ1) is 9.54. The van der Waals surface area contributed by atoms with Gasteiger partial charge in [-0.1, -0.05) is 18.5 Å². The molecular formula is C15H26ClN3O. The molecule has 2 rings (SSSR count). The molecule has 0 aliphatic heterocycles. The zero-order valence-electron chi connectivity index (χ0n) is 13.0. The number of ether oxygens (including phenoxy) is 1. The van der Waals surface area contributed by atoms with Crippen LogP contribution < -0.4 is 5.32 Å². The topological polar surface area (TPSA) is 39.1 Å². The molecule has 0 saturated heterocycles. The summed E-state index contributed by atoms with van der Waals surface area (Å²) in [5.74, 6) is 0. The highest BCUT2D eigenvalue weighted by Crippen LogP contribution is 2.39. The lowest BCUT2D eigenvalue weighted by molar-refractivity contribution is -0.0983. The Morgan fingerprint density at radius 1 is 1.50 bits per heavy atom. The van der Waals surface area contributed by atoms with E-state index in [0.717, 1.165) is 48.6 Å². The summed E-state index contributed by atoms with van der Waals surface area (Å²) in [5.41, 5.74) is 1.97. The van der Waals surface area contributed by atoms with Crippen LogP contribution >= 0.6 is 11.6 Å². The van der Waals surface area contributed by atoms with Crippen molar-refractivity contribution in [3.05, 3.63) is 16.4 Å². The zero-order chi connectivity index (χ0) is 14.8. The maximum absolute atomic E-state index is 6.39. The van der Waals surface area contributed by atoms with E-state index >= 15 is 0 Å². The van der Waals surface area contributed by atoms with Gasteiger partial charge < -0.3 is 10.1 Å². The molecule has 0 bridgehead atoms. The van der Waals surface area contributed by atoms with Gasteiger partial charge in [-0.25, -0.2) is 0 Å². The van der Waals surface area contributed by atoms with Gasteiger partial charge in [-0.05, 0) is 39.2 Å². The largest absolute Gasteiger partial charge is 0.377 e. The quantitative estimate of drug-likeness (QED) is 0.841. The molecule has 1 aromatic rings. The zero-order valence-corrected chi connectivity index (χ0v) is 13.8. The monoisotopic (exact) mass is 299 g/mol. The molecule has 0 spiro atoms. The Morgan fingerprint density at radius 2 is 2.20 bits per heavy atom. The van der Waals surface area contributed by atoms with Gasteiger partial charge in [0.25, 0.3) is 0 Å². The van der Waals surface area contributed by atoms with Gasteiger partial charge in [0.2, 0.25) is 0 Å². The van der Waals surface area contributed by atoms with E-state index in [4.69, 9.17) is 16.3 Å². The van der Waals surface area contributed by atoms with Crippen LogP contribution in [0, 0.1) is 6.92 Å². The highest BCUT2D eigenvalue weighted by atomic mass is 35.5. The second-order valence-electron chi connectivity index (χ2n) is 5.80. The smallest absolute Gasteiger partial charge is 0.0847 e. The molecule has 1 fully saturated rings. The van der Waals surface area contributed by atoms with Gasteiger partial charge in [0.1, 0.15) is 0 Å². The number of hydrogen-bond donors (Lipinski definition) is 1. The molecule has 1 heterocycles. The van der Waals surface area contributed by atoms with E-state index in [9.17, 15) is 0 Å². The summed E-state index contributed by atoms with van der Waals surface area (Å²) >= 11 is 6.39. The molecule has 1 aliphatic carbocycles. The van der Waals surface area contributed by atoms with Gasteiger partial charge >= 0.3 is 0 Å². The molecule has 1 saturated carbocycles. The van der Waals surface area contributed by atoms with Crippen LogP contribution in [0.3, 0.4) is 0 Å². The van der Waals surface area contributed by atoms with Gasteiger partial charge in [-0.3, -0.25) is 4.68 Å². The first kappa shape index (κ1) is 15.8. The summed E-state index contributed by atoms with van der Waals surface area (Å²) in [6.45, 7) is 5.14. The van der Waals surface area contributed by atoms with Gasteiger partial charge in [0.15, 0.2) is 0 Å². The second kappa shape index (κ2) is 6.46. The highest BCUT2D eigenvalue weighted by Gasteiger charge is 2.44. The van der Waals surface area contributed by atoms with E-state index in [1.54, 1.807) is 0 Å². The standard InChI is InChI=1S/C15H26ClN3O/c1-5-9-17-13(15(20-4)7-6-8-15)10-12-14(16)11(2)18-19(12)3/h13,17H,5-10H2,1-4H3. The van der Waals surface area contributed by atoms with E-state index in [1.807, 2.05) is 25.8 Å². The van der Waals surface area contributed by atoms with E-state index < -0.39 is 0 Å². The van der Waals surface area contributed by atoms with Crippen molar-refractivity contribution in [2.75, 3.05) is 13.7 Å². The minimum Gasteiger partial charge on any atom is -0.377 e. The minimum atomic E-state index is -0.0311. The van der Waals surface area contributed by atoms with Crippen molar-refractivity contribution < 1.29 is 4.74 Å². The summed E-state index contributed by atoms with van der Waals surface area (Å²) < 4.78 is 7.76. The molecule has 0 amide bonds. The lowest BCUT2D eigenvalue weighted by Crippen LogP contribution is -2.57. The van der Waals surface area contributed by atoms with Crippen molar-refractivity contribution in [3.8, 4) is 0 Å². The molecule has 114 valence electrons. The second-order valence-corrected chi connectivity index (χ2v) is 6.18.